The van der Waals surface area contributed by atoms with Gasteiger partial charge in [0.1, 0.15) is 0 Å². The fourth-order valence-corrected chi connectivity index (χ4v) is 3.77. The molecule has 0 unspecified atom stereocenters. The van der Waals surface area contributed by atoms with Crippen molar-refractivity contribution in [2.24, 2.45) is 0 Å². The molecule has 2 aromatic carbocycles. The largest absolute Gasteiger partial charge is 0.493 e. The Morgan fingerprint density at radius 1 is 1.00 bits per heavy atom. The number of hydrogen-bond acceptors (Lipinski definition) is 7. The molecule has 28 heavy (non-hydrogen) atoms. The number of methoxy groups -OCH3 is 3. The van der Waals surface area contributed by atoms with Gasteiger partial charge in [-0.2, -0.15) is 9.50 Å². The van der Waals surface area contributed by atoms with Crippen LogP contribution in [0.25, 0.3) is 22.4 Å². The summed E-state index contributed by atoms with van der Waals surface area (Å²) in [6.07, 6.45) is 1.84. The molecule has 0 aliphatic rings. The maximum atomic E-state index is 12.7. The van der Waals surface area contributed by atoms with Crippen molar-refractivity contribution in [1.29, 1.82) is 0 Å². The summed E-state index contributed by atoms with van der Waals surface area (Å²) < 4.78 is 18.0. The quantitative estimate of drug-likeness (QED) is 0.517. The second-order valence-electron chi connectivity index (χ2n) is 5.87. The molecule has 0 aliphatic heterocycles. The summed E-state index contributed by atoms with van der Waals surface area (Å²) in [4.78, 5) is 17.7. The Morgan fingerprint density at radius 2 is 1.68 bits per heavy atom. The van der Waals surface area contributed by atoms with Crippen molar-refractivity contribution in [3.63, 3.8) is 0 Å². The summed E-state index contributed by atoms with van der Waals surface area (Å²) in [6, 6.07) is 13.2. The van der Waals surface area contributed by atoms with Gasteiger partial charge in [0.15, 0.2) is 17.3 Å². The summed E-state index contributed by atoms with van der Waals surface area (Å²) in [7, 11) is 4.63. The Bertz CT molecular complexity index is 1220. The van der Waals surface area contributed by atoms with Crippen LogP contribution in [-0.4, -0.2) is 35.9 Å². The van der Waals surface area contributed by atoms with Crippen LogP contribution in [0.5, 0.6) is 17.2 Å². The molecule has 142 valence electrons. The van der Waals surface area contributed by atoms with Crippen molar-refractivity contribution in [3.8, 4) is 28.6 Å². The van der Waals surface area contributed by atoms with Crippen LogP contribution in [0, 0.1) is 0 Å². The lowest BCUT2D eigenvalue weighted by atomic mass is 10.1. The molecule has 0 radical (unpaired) electrons. The van der Waals surface area contributed by atoms with E-state index in [1.165, 1.54) is 15.9 Å². The first kappa shape index (κ1) is 18.0. The number of aromatic nitrogens is 3. The van der Waals surface area contributed by atoms with E-state index >= 15 is 0 Å². The standard InChI is InChI=1S/C20H17N3O4S/c1-25-14-10-13(11-15(26-2)17(14)27-3)18-21-20-23(22-18)19(24)16(28-20)9-12-7-5-4-6-8-12/h4-11H,1-3H3/b16-9+. The van der Waals surface area contributed by atoms with E-state index in [-0.39, 0.29) is 5.56 Å². The molecule has 0 saturated heterocycles. The third-order valence-corrected chi connectivity index (χ3v) is 5.16. The minimum absolute atomic E-state index is 0.199. The molecule has 8 heteroatoms. The lowest BCUT2D eigenvalue weighted by Crippen LogP contribution is -2.23. The molecular weight excluding hydrogens is 378 g/mol. The molecule has 0 fully saturated rings. The molecule has 2 aromatic heterocycles. The van der Waals surface area contributed by atoms with Gasteiger partial charge in [0.25, 0.3) is 5.56 Å². The van der Waals surface area contributed by atoms with Gasteiger partial charge in [-0.3, -0.25) is 4.79 Å². The van der Waals surface area contributed by atoms with E-state index in [1.807, 2.05) is 36.4 Å². The summed E-state index contributed by atoms with van der Waals surface area (Å²) in [5.74, 6) is 1.89. The number of thiazole rings is 1. The monoisotopic (exact) mass is 395 g/mol. The van der Waals surface area contributed by atoms with Crippen molar-refractivity contribution in [3.05, 3.63) is 62.9 Å². The smallest absolute Gasteiger partial charge is 0.291 e. The first-order chi connectivity index (χ1) is 13.6. The predicted molar refractivity (Wildman–Crippen MR) is 107 cm³/mol. The molecule has 0 amide bonds. The Morgan fingerprint density at radius 3 is 2.25 bits per heavy atom. The fraction of sp³-hybridized carbons (Fsp3) is 0.150. The van der Waals surface area contributed by atoms with E-state index in [9.17, 15) is 4.79 Å². The second-order valence-corrected chi connectivity index (χ2v) is 6.88. The minimum atomic E-state index is -0.199. The van der Waals surface area contributed by atoms with Gasteiger partial charge in [0.05, 0.1) is 25.9 Å². The first-order valence-corrected chi connectivity index (χ1v) is 9.23. The van der Waals surface area contributed by atoms with Crippen LogP contribution in [0.4, 0.5) is 0 Å². The lowest BCUT2D eigenvalue weighted by Gasteiger charge is -2.12. The molecule has 4 aromatic rings. The first-order valence-electron chi connectivity index (χ1n) is 8.41. The average molecular weight is 395 g/mol. The summed E-state index contributed by atoms with van der Waals surface area (Å²) in [5.41, 5.74) is 1.42. The minimum Gasteiger partial charge on any atom is -0.493 e. The molecule has 0 N–H and O–H groups in total. The van der Waals surface area contributed by atoms with E-state index in [0.29, 0.717) is 38.1 Å². The van der Waals surface area contributed by atoms with Gasteiger partial charge >= 0.3 is 0 Å². The van der Waals surface area contributed by atoms with Gasteiger partial charge in [0, 0.05) is 5.56 Å². The Labute approximate surface area is 164 Å². The molecular formula is C20H17N3O4S. The number of fused-ring (bicyclic) bond motifs is 1. The highest BCUT2D eigenvalue weighted by Gasteiger charge is 2.18. The van der Waals surface area contributed by atoms with Crippen molar-refractivity contribution >= 4 is 22.4 Å². The van der Waals surface area contributed by atoms with Gasteiger partial charge in [-0.05, 0) is 23.8 Å². The van der Waals surface area contributed by atoms with Crippen LogP contribution in [0.2, 0.25) is 0 Å². The molecule has 4 rings (SSSR count). The topological polar surface area (TPSA) is 75.0 Å². The Balaban J connectivity index is 1.82. The third-order valence-electron chi connectivity index (χ3n) is 4.20. The van der Waals surface area contributed by atoms with Crippen molar-refractivity contribution in [2.45, 2.75) is 0 Å². The van der Waals surface area contributed by atoms with Crippen LogP contribution in [0.1, 0.15) is 5.56 Å². The van der Waals surface area contributed by atoms with Crippen molar-refractivity contribution in [1.82, 2.24) is 14.6 Å². The van der Waals surface area contributed by atoms with Gasteiger partial charge in [-0.15, -0.1) is 5.10 Å². The fourth-order valence-electron chi connectivity index (χ4n) is 2.87. The zero-order valence-corrected chi connectivity index (χ0v) is 16.3. The summed E-state index contributed by atoms with van der Waals surface area (Å²) in [5, 5.41) is 4.38. The number of hydrogen-bond donors (Lipinski definition) is 0. The van der Waals surface area contributed by atoms with Gasteiger partial charge in [-0.25, -0.2) is 0 Å². The van der Waals surface area contributed by atoms with E-state index < -0.39 is 0 Å². The summed E-state index contributed by atoms with van der Waals surface area (Å²) >= 11 is 1.30. The Hall–Kier alpha value is -3.39. The van der Waals surface area contributed by atoms with Crippen LogP contribution < -0.4 is 24.3 Å². The maximum absolute atomic E-state index is 12.7. The average Bonchev–Trinajstić information content (AvgIpc) is 3.27. The molecule has 2 heterocycles. The normalized spacial score (nSPS) is 11.8. The highest BCUT2D eigenvalue weighted by Crippen LogP contribution is 2.40. The van der Waals surface area contributed by atoms with Gasteiger partial charge in [0.2, 0.25) is 10.7 Å². The molecule has 0 spiro atoms. The van der Waals surface area contributed by atoms with Crippen LogP contribution in [0.15, 0.2) is 47.3 Å². The highest BCUT2D eigenvalue weighted by molar-refractivity contribution is 7.15. The van der Waals surface area contributed by atoms with Crippen LogP contribution in [0.3, 0.4) is 0 Å². The molecule has 0 atom stereocenters. The van der Waals surface area contributed by atoms with Gasteiger partial charge < -0.3 is 14.2 Å². The number of ether oxygens (including phenoxy) is 3. The third kappa shape index (κ3) is 3.07. The predicted octanol–water partition coefficient (Wildman–Crippen LogP) is 2.39. The van der Waals surface area contributed by atoms with Crippen LogP contribution in [-0.2, 0) is 0 Å². The number of rotatable bonds is 5. The van der Waals surface area contributed by atoms with Crippen molar-refractivity contribution < 1.29 is 14.2 Å². The van der Waals surface area contributed by atoms with Crippen molar-refractivity contribution in [2.75, 3.05) is 21.3 Å². The molecule has 7 nitrogen and oxygen atoms in total. The maximum Gasteiger partial charge on any atom is 0.291 e. The lowest BCUT2D eigenvalue weighted by molar-refractivity contribution is 0.324. The zero-order chi connectivity index (χ0) is 19.7. The van der Waals surface area contributed by atoms with E-state index in [4.69, 9.17) is 14.2 Å². The van der Waals surface area contributed by atoms with E-state index in [2.05, 4.69) is 10.1 Å². The zero-order valence-electron chi connectivity index (χ0n) is 15.5. The second kappa shape index (κ2) is 7.32. The summed E-state index contributed by atoms with van der Waals surface area (Å²) in [6.45, 7) is 0. The van der Waals surface area contributed by atoms with E-state index in [1.54, 1.807) is 33.5 Å². The molecule has 0 bridgehead atoms. The Kier molecular flexibility index (Phi) is 4.70. The number of benzene rings is 2. The highest BCUT2D eigenvalue weighted by atomic mass is 32.1. The number of nitrogens with zero attached hydrogens (tertiary/aromatic N) is 3. The van der Waals surface area contributed by atoms with Crippen LogP contribution >= 0.6 is 11.3 Å². The SMILES string of the molecule is COc1cc(-c2nc3s/c(=C/c4ccccc4)c(=O)n3n2)cc(OC)c1OC. The molecule has 0 saturated carbocycles. The van der Waals surface area contributed by atoms with Gasteiger partial charge in [-0.1, -0.05) is 41.7 Å². The molecule has 0 aliphatic carbocycles. The van der Waals surface area contributed by atoms with E-state index in [0.717, 1.165) is 5.56 Å².